The number of rotatable bonds is 2. The monoisotopic (exact) mass is 253 g/mol. The molecule has 0 amide bonds. The number of hydrogen-bond acceptors (Lipinski definition) is 3. The van der Waals surface area contributed by atoms with Gasteiger partial charge in [-0.2, -0.15) is 0 Å². The van der Waals surface area contributed by atoms with Gasteiger partial charge in [0.2, 0.25) is 0 Å². The van der Waals surface area contributed by atoms with E-state index >= 15 is 0 Å². The smallest absolute Gasteiger partial charge is 0.180 e. The minimum Gasteiger partial charge on any atom is -0.309 e. The Labute approximate surface area is 103 Å². The number of fused-ring (bicyclic) bond motifs is 1. The highest BCUT2D eigenvalue weighted by Gasteiger charge is 2.34. The Morgan fingerprint density at radius 2 is 1.94 bits per heavy atom. The maximum Gasteiger partial charge on any atom is 0.180 e. The summed E-state index contributed by atoms with van der Waals surface area (Å²) in [7, 11) is -3.08. The minimum atomic E-state index is -3.08. The molecule has 0 saturated heterocycles. The van der Waals surface area contributed by atoms with Crippen molar-refractivity contribution >= 4 is 9.84 Å². The molecular weight excluding hydrogens is 234 g/mol. The van der Waals surface area contributed by atoms with E-state index in [1.54, 1.807) is 12.1 Å². The van der Waals surface area contributed by atoms with Crippen LogP contribution >= 0.6 is 0 Å². The molecule has 0 spiro atoms. The van der Waals surface area contributed by atoms with Gasteiger partial charge in [-0.1, -0.05) is 39.0 Å². The van der Waals surface area contributed by atoms with Gasteiger partial charge in [0.05, 0.1) is 10.6 Å². The van der Waals surface area contributed by atoms with E-state index in [1.807, 2.05) is 12.1 Å². The molecule has 3 nitrogen and oxygen atoms in total. The molecule has 94 valence electrons. The van der Waals surface area contributed by atoms with Crippen LogP contribution in [0.25, 0.3) is 0 Å². The summed E-state index contributed by atoms with van der Waals surface area (Å²) in [6.45, 7) is 7.21. The van der Waals surface area contributed by atoms with E-state index in [1.165, 1.54) is 0 Å². The van der Waals surface area contributed by atoms with Crippen molar-refractivity contribution in [1.29, 1.82) is 0 Å². The van der Waals surface area contributed by atoms with Gasteiger partial charge < -0.3 is 5.32 Å². The lowest BCUT2D eigenvalue weighted by Crippen LogP contribution is -2.31. The fraction of sp³-hybridized carbons (Fsp3) is 0.538. The van der Waals surface area contributed by atoms with Crippen LogP contribution in [0.5, 0.6) is 0 Å². The van der Waals surface area contributed by atoms with Crippen LogP contribution in [0.2, 0.25) is 0 Å². The van der Waals surface area contributed by atoms with Crippen LogP contribution in [0, 0.1) is 5.41 Å². The van der Waals surface area contributed by atoms with Gasteiger partial charge in [-0.3, -0.25) is 0 Å². The molecule has 1 atom stereocenters. The third-order valence-electron chi connectivity index (χ3n) is 2.89. The summed E-state index contributed by atoms with van der Waals surface area (Å²) in [5, 5.41) is 3.35. The zero-order valence-corrected chi connectivity index (χ0v) is 11.3. The van der Waals surface area contributed by atoms with Gasteiger partial charge in [-0.25, -0.2) is 8.42 Å². The second-order valence-corrected chi connectivity index (χ2v) is 7.82. The van der Waals surface area contributed by atoms with Crippen molar-refractivity contribution in [3.8, 4) is 0 Å². The summed E-state index contributed by atoms with van der Waals surface area (Å²) in [6.07, 6.45) is 0. The van der Waals surface area contributed by atoms with Crippen molar-refractivity contribution in [2.24, 2.45) is 5.41 Å². The fourth-order valence-corrected chi connectivity index (χ4v) is 3.82. The number of sulfone groups is 1. The second-order valence-electron chi connectivity index (χ2n) is 5.81. The van der Waals surface area contributed by atoms with Crippen LogP contribution in [-0.4, -0.2) is 20.7 Å². The molecular formula is C13H19NO2S. The van der Waals surface area contributed by atoms with Crippen LogP contribution in [0.1, 0.15) is 32.4 Å². The lowest BCUT2D eigenvalue weighted by Gasteiger charge is -2.22. The molecule has 1 aliphatic heterocycles. The summed E-state index contributed by atoms with van der Waals surface area (Å²) < 4.78 is 23.9. The molecule has 2 rings (SSSR count). The Balaban J connectivity index is 2.24. The average Bonchev–Trinajstić information content (AvgIpc) is 2.48. The van der Waals surface area contributed by atoms with E-state index in [9.17, 15) is 8.42 Å². The molecule has 0 fully saturated rings. The molecule has 4 heteroatoms. The quantitative estimate of drug-likeness (QED) is 0.878. The van der Waals surface area contributed by atoms with Crippen molar-refractivity contribution in [3.05, 3.63) is 29.8 Å². The number of nitrogens with one attached hydrogen (secondary N) is 1. The Kier molecular flexibility index (Phi) is 3.04. The van der Waals surface area contributed by atoms with Crippen molar-refractivity contribution in [2.45, 2.75) is 31.7 Å². The zero-order valence-electron chi connectivity index (χ0n) is 10.5. The average molecular weight is 253 g/mol. The van der Waals surface area contributed by atoms with E-state index in [0.717, 1.165) is 12.1 Å². The summed E-state index contributed by atoms with van der Waals surface area (Å²) in [5.41, 5.74) is 1.07. The van der Waals surface area contributed by atoms with Gasteiger partial charge in [0, 0.05) is 12.6 Å². The third kappa shape index (κ3) is 2.69. The molecule has 0 aromatic heterocycles. The van der Waals surface area contributed by atoms with E-state index in [0.29, 0.717) is 4.90 Å². The molecule has 1 unspecified atom stereocenters. The summed E-state index contributed by atoms with van der Waals surface area (Å²) in [6, 6.07) is 7.22. The first-order chi connectivity index (χ1) is 7.80. The van der Waals surface area contributed by atoms with E-state index in [2.05, 4.69) is 26.1 Å². The van der Waals surface area contributed by atoms with E-state index < -0.39 is 9.84 Å². The number of hydrogen-bond donors (Lipinski definition) is 1. The van der Waals surface area contributed by atoms with Crippen LogP contribution in [0.15, 0.2) is 29.2 Å². The summed E-state index contributed by atoms with van der Waals surface area (Å²) in [5.74, 6) is 0.183. The van der Waals surface area contributed by atoms with Crippen LogP contribution in [0.4, 0.5) is 0 Å². The Morgan fingerprint density at radius 3 is 2.59 bits per heavy atom. The predicted octanol–water partition coefficient (Wildman–Crippen LogP) is 2.15. The van der Waals surface area contributed by atoms with E-state index in [-0.39, 0.29) is 17.2 Å². The minimum absolute atomic E-state index is 0.0598. The molecule has 0 saturated carbocycles. The SMILES string of the molecule is CC(C)(C)CNC1CS(=O)(=O)c2ccccc21. The molecule has 1 aromatic rings. The normalized spacial score (nSPS) is 22.4. The number of benzene rings is 1. The molecule has 1 aromatic carbocycles. The van der Waals surface area contributed by atoms with Crippen LogP contribution in [-0.2, 0) is 9.84 Å². The van der Waals surface area contributed by atoms with Crippen molar-refractivity contribution in [3.63, 3.8) is 0 Å². The van der Waals surface area contributed by atoms with Gasteiger partial charge in [-0.05, 0) is 17.0 Å². The fourth-order valence-electron chi connectivity index (χ4n) is 2.05. The lowest BCUT2D eigenvalue weighted by atomic mass is 9.96. The summed E-state index contributed by atoms with van der Waals surface area (Å²) >= 11 is 0. The zero-order chi connectivity index (χ0) is 12.7. The predicted molar refractivity (Wildman–Crippen MR) is 68.7 cm³/mol. The lowest BCUT2D eigenvalue weighted by molar-refractivity contribution is 0.361. The standard InChI is InChI=1S/C13H19NO2S/c1-13(2,3)9-14-11-8-17(15,16)12-7-5-4-6-10(11)12/h4-7,11,14H,8-9H2,1-3H3. The van der Waals surface area contributed by atoms with Gasteiger partial charge in [0.1, 0.15) is 0 Å². The van der Waals surface area contributed by atoms with Gasteiger partial charge >= 0.3 is 0 Å². The van der Waals surface area contributed by atoms with Crippen molar-refractivity contribution < 1.29 is 8.42 Å². The topological polar surface area (TPSA) is 46.2 Å². The molecule has 1 aliphatic rings. The molecule has 0 bridgehead atoms. The maximum atomic E-state index is 11.9. The third-order valence-corrected chi connectivity index (χ3v) is 4.71. The first kappa shape index (κ1) is 12.6. The van der Waals surface area contributed by atoms with Crippen molar-refractivity contribution in [2.75, 3.05) is 12.3 Å². The van der Waals surface area contributed by atoms with Gasteiger partial charge in [-0.15, -0.1) is 0 Å². The Bertz CT molecular complexity index is 514. The Hall–Kier alpha value is -0.870. The maximum absolute atomic E-state index is 11.9. The van der Waals surface area contributed by atoms with E-state index in [4.69, 9.17) is 0 Å². The highest BCUT2D eigenvalue weighted by molar-refractivity contribution is 7.91. The van der Waals surface area contributed by atoms with Crippen LogP contribution in [0.3, 0.4) is 0 Å². The molecule has 17 heavy (non-hydrogen) atoms. The first-order valence-electron chi connectivity index (χ1n) is 5.85. The molecule has 0 radical (unpaired) electrons. The second kappa shape index (κ2) is 4.10. The highest BCUT2D eigenvalue weighted by Crippen LogP contribution is 2.33. The molecule has 0 aliphatic carbocycles. The Morgan fingerprint density at radius 1 is 1.29 bits per heavy atom. The molecule has 1 N–H and O–H groups in total. The highest BCUT2D eigenvalue weighted by atomic mass is 32.2. The van der Waals surface area contributed by atoms with Crippen LogP contribution < -0.4 is 5.32 Å². The first-order valence-corrected chi connectivity index (χ1v) is 7.50. The molecule has 1 heterocycles. The largest absolute Gasteiger partial charge is 0.309 e. The van der Waals surface area contributed by atoms with Gasteiger partial charge in [0.25, 0.3) is 0 Å². The van der Waals surface area contributed by atoms with Gasteiger partial charge in [0.15, 0.2) is 9.84 Å². The summed E-state index contributed by atoms with van der Waals surface area (Å²) in [4.78, 5) is 0.492. The van der Waals surface area contributed by atoms with Crippen molar-refractivity contribution in [1.82, 2.24) is 5.32 Å².